The molecule has 4 rings (SSSR count). The molecule has 0 fully saturated rings. The minimum atomic E-state index is -0.494. The van der Waals surface area contributed by atoms with Gasteiger partial charge in [0.25, 0.3) is 5.91 Å². The lowest BCUT2D eigenvalue weighted by atomic mass is 10.1. The Bertz CT molecular complexity index is 1430. The number of rotatable bonds is 8. The van der Waals surface area contributed by atoms with Crippen molar-refractivity contribution in [2.45, 2.75) is 6.54 Å². The number of nitrogens with one attached hydrogen (secondary N) is 2. The van der Waals surface area contributed by atoms with E-state index in [2.05, 4.69) is 10.6 Å². The number of amides is 2. The Morgan fingerprint density at radius 2 is 1.82 bits per heavy atom. The van der Waals surface area contributed by atoms with Crippen LogP contribution in [0.5, 0.6) is 0 Å². The summed E-state index contributed by atoms with van der Waals surface area (Å²) in [6.07, 6.45) is 3.33. The average Bonchev–Trinajstić information content (AvgIpc) is 3.19. The molecular formula is C27H24N4O3. The molecule has 0 aliphatic heterocycles. The van der Waals surface area contributed by atoms with Gasteiger partial charge in [-0.15, -0.1) is 0 Å². The Balaban J connectivity index is 1.58. The molecule has 0 spiro atoms. The molecule has 0 saturated carbocycles. The van der Waals surface area contributed by atoms with E-state index in [-0.39, 0.29) is 18.0 Å². The summed E-state index contributed by atoms with van der Waals surface area (Å²) in [5.41, 5.74) is 2.11. The van der Waals surface area contributed by atoms with E-state index in [4.69, 9.17) is 4.74 Å². The van der Waals surface area contributed by atoms with Gasteiger partial charge < -0.3 is 19.9 Å². The van der Waals surface area contributed by atoms with E-state index in [0.717, 1.165) is 21.7 Å². The maximum absolute atomic E-state index is 12.9. The number of hydrogen-bond donors (Lipinski definition) is 2. The predicted octanol–water partition coefficient (Wildman–Crippen LogP) is 4.10. The third kappa shape index (κ3) is 5.14. The highest BCUT2D eigenvalue weighted by atomic mass is 16.5. The van der Waals surface area contributed by atoms with Crippen LogP contribution in [0.25, 0.3) is 27.8 Å². The standard InChI is InChI=1S/C27H24N4O3/c1-34-13-12-29-26(32)18-31-17-22(24-8-4-5-9-25(24)31)14-21(16-28)27(33)30-23-11-10-19-6-2-3-7-20(19)15-23/h2-11,14-15,17H,12-13,18H2,1H3,(H,29,32)(H,30,33)/b21-14+. The number of carbonyl (C=O) groups excluding carboxylic acids is 2. The summed E-state index contributed by atoms with van der Waals surface area (Å²) in [5, 5.41) is 18.2. The van der Waals surface area contributed by atoms with Crippen molar-refractivity contribution in [3.05, 3.63) is 84.1 Å². The fourth-order valence-electron chi connectivity index (χ4n) is 3.79. The first-order chi connectivity index (χ1) is 16.6. The highest BCUT2D eigenvalue weighted by Gasteiger charge is 2.14. The number of anilines is 1. The summed E-state index contributed by atoms with van der Waals surface area (Å²) in [4.78, 5) is 25.2. The molecule has 0 aliphatic rings. The van der Waals surface area contributed by atoms with E-state index in [1.165, 1.54) is 0 Å². The molecule has 7 nitrogen and oxygen atoms in total. The molecule has 0 radical (unpaired) electrons. The van der Waals surface area contributed by atoms with E-state index in [9.17, 15) is 14.9 Å². The molecule has 3 aromatic carbocycles. The molecule has 1 aromatic heterocycles. The zero-order chi connectivity index (χ0) is 23.9. The van der Waals surface area contributed by atoms with E-state index >= 15 is 0 Å². The molecule has 7 heteroatoms. The van der Waals surface area contributed by atoms with E-state index in [1.807, 2.05) is 72.8 Å². The minimum absolute atomic E-state index is 0.0272. The minimum Gasteiger partial charge on any atom is -0.383 e. The van der Waals surface area contributed by atoms with Crippen LogP contribution in [0.1, 0.15) is 5.56 Å². The van der Waals surface area contributed by atoms with Gasteiger partial charge in [-0.05, 0) is 35.0 Å². The third-order valence-corrected chi connectivity index (χ3v) is 5.43. The van der Waals surface area contributed by atoms with Gasteiger partial charge >= 0.3 is 0 Å². The van der Waals surface area contributed by atoms with Crippen molar-refractivity contribution in [3.63, 3.8) is 0 Å². The average molecular weight is 453 g/mol. The van der Waals surface area contributed by atoms with Gasteiger partial charge in [0.05, 0.1) is 6.61 Å². The van der Waals surface area contributed by atoms with Gasteiger partial charge in [-0.2, -0.15) is 5.26 Å². The summed E-state index contributed by atoms with van der Waals surface area (Å²) >= 11 is 0. The van der Waals surface area contributed by atoms with Crippen molar-refractivity contribution in [2.75, 3.05) is 25.6 Å². The Morgan fingerprint density at radius 1 is 1.06 bits per heavy atom. The summed E-state index contributed by atoms with van der Waals surface area (Å²) in [7, 11) is 1.58. The van der Waals surface area contributed by atoms with Crippen molar-refractivity contribution >= 4 is 45.3 Å². The zero-order valence-electron chi connectivity index (χ0n) is 18.7. The van der Waals surface area contributed by atoms with Crippen LogP contribution in [0, 0.1) is 11.3 Å². The van der Waals surface area contributed by atoms with Gasteiger partial charge in [0.1, 0.15) is 18.2 Å². The molecular weight excluding hydrogens is 428 g/mol. The molecule has 0 saturated heterocycles. The second-order valence-corrected chi connectivity index (χ2v) is 7.76. The van der Waals surface area contributed by atoms with Crippen LogP contribution in [0.4, 0.5) is 5.69 Å². The van der Waals surface area contributed by atoms with Crippen LogP contribution in [0.3, 0.4) is 0 Å². The van der Waals surface area contributed by atoms with Gasteiger partial charge in [0, 0.05) is 42.0 Å². The Hall–Kier alpha value is -4.41. The zero-order valence-corrected chi connectivity index (χ0v) is 18.7. The van der Waals surface area contributed by atoms with Crippen molar-refractivity contribution in [1.29, 1.82) is 5.26 Å². The van der Waals surface area contributed by atoms with Crippen molar-refractivity contribution in [3.8, 4) is 6.07 Å². The van der Waals surface area contributed by atoms with Gasteiger partial charge in [-0.25, -0.2) is 0 Å². The van der Waals surface area contributed by atoms with Gasteiger partial charge in [-0.3, -0.25) is 9.59 Å². The number of nitriles is 1. The molecule has 1 heterocycles. The number of hydrogen-bond acceptors (Lipinski definition) is 4. The Kier molecular flexibility index (Phi) is 7.01. The smallest absolute Gasteiger partial charge is 0.266 e. The first-order valence-electron chi connectivity index (χ1n) is 10.8. The number of fused-ring (bicyclic) bond motifs is 2. The van der Waals surface area contributed by atoms with Crippen molar-refractivity contribution in [1.82, 2.24) is 9.88 Å². The van der Waals surface area contributed by atoms with Crippen molar-refractivity contribution < 1.29 is 14.3 Å². The van der Waals surface area contributed by atoms with E-state index in [0.29, 0.717) is 24.4 Å². The lowest BCUT2D eigenvalue weighted by Crippen LogP contribution is -2.30. The Morgan fingerprint density at radius 3 is 2.62 bits per heavy atom. The quantitative estimate of drug-likeness (QED) is 0.239. The predicted molar refractivity (Wildman–Crippen MR) is 133 cm³/mol. The van der Waals surface area contributed by atoms with E-state index in [1.54, 1.807) is 23.9 Å². The van der Waals surface area contributed by atoms with E-state index < -0.39 is 5.91 Å². The lowest BCUT2D eigenvalue weighted by Gasteiger charge is -2.06. The molecule has 2 amide bonds. The summed E-state index contributed by atoms with van der Waals surface area (Å²) in [6.45, 7) is 0.974. The maximum Gasteiger partial charge on any atom is 0.266 e. The highest BCUT2D eigenvalue weighted by Crippen LogP contribution is 2.24. The largest absolute Gasteiger partial charge is 0.383 e. The Labute approximate surface area is 197 Å². The van der Waals surface area contributed by atoms with Crippen molar-refractivity contribution in [2.24, 2.45) is 0 Å². The number of aromatic nitrogens is 1. The third-order valence-electron chi connectivity index (χ3n) is 5.43. The molecule has 170 valence electrons. The summed E-state index contributed by atoms with van der Waals surface area (Å²) in [6, 6.07) is 23.0. The van der Waals surface area contributed by atoms with Crippen LogP contribution in [0.2, 0.25) is 0 Å². The maximum atomic E-state index is 12.9. The second kappa shape index (κ2) is 10.5. The lowest BCUT2D eigenvalue weighted by molar-refractivity contribution is -0.121. The van der Waals surface area contributed by atoms with Crippen LogP contribution in [-0.4, -0.2) is 36.6 Å². The molecule has 2 N–H and O–H groups in total. The topological polar surface area (TPSA) is 96.2 Å². The number of ether oxygens (including phenoxy) is 1. The number of benzene rings is 3. The number of carbonyl (C=O) groups is 2. The molecule has 0 atom stereocenters. The van der Waals surface area contributed by atoms with Crippen LogP contribution < -0.4 is 10.6 Å². The highest BCUT2D eigenvalue weighted by molar-refractivity contribution is 6.11. The number of para-hydroxylation sites is 1. The molecule has 4 aromatic rings. The normalized spacial score (nSPS) is 11.4. The SMILES string of the molecule is COCCNC(=O)Cn1cc(/C=C(\C#N)C(=O)Nc2ccc3ccccc3c2)c2ccccc21. The molecule has 0 unspecified atom stereocenters. The van der Waals surface area contributed by atoms with Gasteiger partial charge in [0.15, 0.2) is 0 Å². The summed E-state index contributed by atoms with van der Waals surface area (Å²) in [5.74, 6) is -0.644. The first kappa shape index (κ1) is 22.8. The van der Waals surface area contributed by atoms with Gasteiger partial charge in [-0.1, -0.05) is 48.5 Å². The van der Waals surface area contributed by atoms with Crippen LogP contribution in [0.15, 0.2) is 78.5 Å². The molecule has 0 bridgehead atoms. The van der Waals surface area contributed by atoms with Gasteiger partial charge in [0.2, 0.25) is 5.91 Å². The summed E-state index contributed by atoms with van der Waals surface area (Å²) < 4.78 is 6.77. The van der Waals surface area contributed by atoms with Crippen LogP contribution >= 0.6 is 0 Å². The number of methoxy groups -OCH3 is 1. The fraction of sp³-hybridized carbons (Fsp3) is 0.148. The van der Waals surface area contributed by atoms with Crippen LogP contribution in [-0.2, 0) is 20.9 Å². The monoisotopic (exact) mass is 452 g/mol. The molecule has 0 aliphatic carbocycles. The second-order valence-electron chi connectivity index (χ2n) is 7.76. The number of nitrogens with zero attached hydrogens (tertiary/aromatic N) is 2. The molecule has 34 heavy (non-hydrogen) atoms. The fourth-order valence-corrected chi connectivity index (χ4v) is 3.79. The first-order valence-corrected chi connectivity index (χ1v) is 10.8.